The number of pyridine rings is 1. The average Bonchev–Trinajstić information content (AvgIpc) is 2.79. The number of carbonyl (C=O) groups excluding carboxylic acids is 1. The predicted octanol–water partition coefficient (Wildman–Crippen LogP) is 5.68. The second-order valence-corrected chi connectivity index (χ2v) is 7.65. The van der Waals surface area contributed by atoms with Crippen molar-refractivity contribution in [3.63, 3.8) is 0 Å². The summed E-state index contributed by atoms with van der Waals surface area (Å²) >= 11 is 5.94. The third-order valence-corrected chi connectivity index (χ3v) is 5.33. The first-order valence-corrected chi connectivity index (χ1v) is 10.5. The molecule has 4 nitrogen and oxygen atoms in total. The number of nitrogens with one attached hydrogen (secondary N) is 1. The van der Waals surface area contributed by atoms with Gasteiger partial charge >= 0.3 is 6.18 Å². The van der Waals surface area contributed by atoms with Crippen LogP contribution in [0.4, 0.5) is 18.9 Å². The number of hydrogen-bond donors (Lipinski definition) is 1. The molecule has 0 fully saturated rings. The van der Waals surface area contributed by atoms with Crippen molar-refractivity contribution in [1.29, 1.82) is 0 Å². The maximum atomic E-state index is 12.9. The van der Waals surface area contributed by atoms with Crippen molar-refractivity contribution in [2.45, 2.75) is 25.1 Å². The van der Waals surface area contributed by atoms with Crippen molar-refractivity contribution in [2.24, 2.45) is 0 Å². The van der Waals surface area contributed by atoms with Crippen molar-refractivity contribution in [3.8, 4) is 0 Å². The molecule has 1 amide bonds. The molecule has 0 aliphatic carbocycles. The summed E-state index contributed by atoms with van der Waals surface area (Å²) in [6, 6.07) is 17.4. The predicted molar refractivity (Wildman–Crippen MR) is 120 cm³/mol. The van der Waals surface area contributed by atoms with E-state index in [0.717, 1.165) is 28.9 Å². The van der Waals surface area contributed by atoms with Gasteiger partial charge in [0.15, 0.2) is 0 Å². The first kappa shape index (κ1) is 23.6. The van der Waals surface area contributed by atoms with Gasteiger partial charge in [-0.05, 0) is 48.2 Å². The van der Waals surface area contributed by atoms with E-state index >= 15 is 0 Å². The number of rotatable bonds is 8. The molecule has 1 N–H and O–H groups in total. The number of anilines is 1. The maximum absolute atomic E-state index is 12.9. The van der Waals surface area contributed by atoms with Crippen LogP contribution in [-0.4, -0.2) is 24.5 Å². The van der Waals surface area contributed by atoms with Gasteiger partial charge in [0.1, 0.15) is 11.2 Å². The lowest BCUT2D eigenvalue weighted by molar-refractivity contribution is -0.137. The molecular formula is C24H23ClF3N3O. The van der Waals surface area contributed by atoms with E-state index in [9.17, 15) is 18.0 Å². The van der Waals surface area contributed by atoms with Crippen LogP contribution in [0.5, 0.6) is 0 Å². The first-order valence-electron chi connectivity index (χ1n) is 10.1. The van der Waals surface area contributed by atoms with Gasteiger partial charge in [-0.3, -0.25) is 4.79 Å². The molecule has 8 heteroatoms. The van der Waals surface area contributed by atoms with Crippen molar-refractivity contribution >= 4 is 23.2 Å². The highest BCUT2D eigenvalue weighted by Crippen LogP contribution is 2.30. The van der Waals surface area contributed by atoms with E-state index in [-0.39, 0.29) is 5.91 Å². The largest absolute Gasteiger partial charge is 0.416 e. The van der Waals surface area contributed by atoms with Gasteiger partial charge in [0.25, 0.3) is 0 Å². The van der Waals surface area contributed by atoms with Crippen LogP contribution in [0, 0.1) is 0 Å². The van der Waals surface area contributed by atoms with E-state index in [4.69, 9.17) is 11.6 Å². The summed E-state index contributed by atoms with van der Waals surface area (Å²) in [5.41, 5.74) is 1.66. The van der Waals surface area contributed by atoms with Crippen LogP contribution in [0.2, 0.25) is 5.15 Å². The fourth-order valence-corrected chi connectivity index (χ4v) is 3.62. The van der Waals surface area contributed by atoms with Gasteiger partial charge in [-0.25, -0.2) is 4.98 Å². The highest BCUT2D eigenvalue weighted by Gasteiger charge is 2.30. The Morgan fingerprint density at radius 3 is 2.31 bits per heavy atom. The molecule has 32 heavy (non-hydrogen) atoms. The highest BCUT2D eigenvalue weighted by atomic mass is 35.5. The molecule has 1 heterocycles. The Balaban J connectivity index is 1.83. The molecule has 3 rings (SSSR count). The molecule has 0 aliphatic heterocycles. The number of hydrogen-bond acceptors (Lipinski definition) is 3. The lowest BCUT2D eigenvalue weighted by atomic mass is 10.0. The molecule has 0 unspecified atom stereocenters. The molecule has 0 radical (unpaired) electrons. The standard InChI is InChI=1S/C24H23ClF3N3O/c1-29-23(32)22(18-7-3-2-4-8-18)31(20-13-14-21(25)30-16-20)15-5-6-17-9-11-19(12-10-17)24(26,27)28/h2-4,7-14,16,22H,5-6,15H2,1H3,(H,29,32)/t22-/m0/s1. The number of amides is 1. The number of aryl methyl sites for hydroxylation is 1. The van der Waals surface area contributed by atoms with Crippen LogP contribution in [0.3, 0.4) is 0 Å². The molecule has 1 atom stereocenters. The minimum Gasteiger partial charge on any atom is -0.357 e. The molecule has 0 saturated heterocycles. The number of likely N-dealkylation sites (N-methyl/N-ethyl adjacent to an activating group) is 1. The minimum absolute atomic E-state index is 0.180. The first-order chi connectivity index (χ1) is 15.3. The van der Waals surface area contributed by atoms with E-state index < -0.39 is 17.8 Å². The Morgan fingerprint density at radius 1 is 1.06 bits per heavy atom. The lowest BCUT2D eigenvalue weighted by Crippen LogP contribution is -2.40. The van der Waals surface area contributed by atoms with Crippen molar-refractivity contribution in [1.82, 2.24) is 10.3 Å². The van der Waals surface area contributed by atoms with E-state index in [0.29, 0.717) is 24.5 Å². The quantitative estimate of drug-likeness (QED) is 0.439. The molecule has 1 aromatic heterocycles. The van der Waals surface area contributed by atoms with E-state index in [1.807, 2.05) is 35.2 Å². The molecule has 0 spiro atoms. The van der Waals surface area contributed by atoms with Crippen molar-refractivity contribution in [2.75, 3.05) is 18.5 Å². The number of alkyl halides is 3. The summed E-state index contributed by atoms with van der Waals surface area (Å²) in [5, 5.41) is 3.06. The fourth-order valence-electron chi connectivity index (χ4n) is 3.50. The molecule has 2 aromatic carbocycles. The summed E-state index contributed by atoms with van der Waals surface area (Å²) < 4.78 is 38.4. The van der Waals surface area contributed by atoms with Gasteiger partial charge in [-0.1, -0.05) is 54.1 Å². The van der Waals surface area contributed by atoms with Gasteiger partial charge in [0.2, 0.25) is 5.91 Å². The van der Waals surface area contributed by atoms with Crippen LogP contribution in [0.25, 0.3) is 0 Å². The summed E-state index contributed by atoms with van der Waals surface area (Å²) in [4.78, 5) is 18.9. The third-order valence-electron chi connectivity index (χ3n) is 5.11. The smallest absolute Gasteiger partial charge is 0.357 e. The highest BCUT2D eigenvalue weighted by molar-refractivity contribution is 6.29. The summed E-state index contributed by atoms with van der Waals surface area (Å²) in [6.45, 7) is 0.483. The van der Waals surface area contributed by atoms with Crippen LogP contribution in [0.15, 0.2) is 72.9 Å². The zero-order valence-electron chi connectivity index (χ0n) is 17.4. The van der Waals surface area contributed by atoms with Crippen LogP contribution < -0.4 is 10.2 Å². The monoisotopic (exact) mass is 461 g/mol. The van der Waals surface area contributed by atoms with E-state index in [2.05, 4.69) is 10.3 Å². The lowest BCUT2D eigenvalue weighted by Gasteiger charge is -2.33. The number of halogens is 4. The summed E-state index contributed by atoms with van der Waals surface area (Å²) in [6.07, 6.45) is -1.56. The number of nitrogens with zero attached hydrogens (tertiary/aromatic N) is 2. The molecule has 3 aromatic rings. The minimum atomic E-state index is -4.35. The maximum Gasteiger partial charge on any atom is 0.416 e. The number of carbonyl (C=O) groups is 1. The Morgan fingerprint density at radius 2 is 1.75 bits per heavy atom. The van der Waals surface area contributed by atoms with Gasteiger partial charge in [-0.2, -0.15) is 13.2 Å². The molecule has 0 aliphatic rings. The van der Waals surface area contributed by atoms with Crippen LogP contribution >= 0.6 is 11.6 Å². The molecule has 168 valence electrons. The van der Waals surface area contributed by atoms with Gasteiger partial charge < -0.3 is 10.2 Å². The normalized spacial score (nSPS) is 12.3. The Labute approximate surface area is 190 Å². The Bertz CT molecular complexity index is 1010. The van der Waals surface area contributed by atoms with Crippen LogP contribution in [-0.2, 0) is 17.4 Å². The summed E-state index contributed by atoms with van der Waals surface area (Å²) in [7, 11) is 1.58. The fraction of sp³-hybridized carbons (Fsp3) is 0.250. The summed E-state index contributed by atoms with van der Waals surface area (Å²) in [5.74, 6) is -0.180. The average molecular weight is 462 g/mol. The van der Waals surface area contributed by atoms with Crippen molar-refractivity contribution in [3.05, 3.63) is 94.8 Å². The number of benzene rings is 2. The topological polar surface area (TPSA) is 45.2 Å². The Kier molecular flexibility index (Phi) is 7.75. The second-order valence-electron chi connectivity index (χ2n) is 7.26. The molecule has 0 saturated carbocycles. The Hall–Kier alpha value is -3.06. The SMILES string of the molecule is CNC(=O)[C@H](c1ccccc1)N(CCCc1ccc(C(F)(F)F)cc1)c1ccc(Cl)nc1. The zero-order chi connectivity index (χ0) is 23.1. The van der Waals surface area contributed by atoms with E-state index in [1.165, 1.54) is 12.1 Å². The van der Waals surface area contributed by atoms with Gasteiger partial charge in [-0.15, -0.1) is 0 Å². The van der Waals surface area contributed by atoms with Crippen LogP contribution in [0.1, 0.15) is 29.2 Å². The molecular weight excluding hydrogens is 439 g/mol. The second kappa shape index (κ2) is 10.5. The molecule has 0 bridgehead atoms. The zero-order valence-corrected chi connectivity index (χ0v) is 18.2. The third kappa shape index (κ3) is 6.01. The van der Waals surface area contributed by atoms with Gasteiger partial charge in [0.05, 0.1) is 17.4 Å². The van der Waals surface area contributed by atoms with Crippen molar-refractivity contribution < 1.29 is 18.0 Å². The number of aromatic nitrogens is 1. The van der Waals surface area contributed by atoms with Gasteiger partial charge in [0, 0.05) is 13.6 Å². The van der Waals surface area contributed by atoms with E-state index in [1.54, 1.807) is 25.4 Å².